The molecule has 1 aliphatic rings. The summed E-state index contributed by atoms with van der Waals surface area (Å²) in [4.78, 5) is 17.8. The molecule has 5 heteroatoms. The molecular weight excluding hydrogens is 270 g/mol. The lowest BCUT2D eigenvalue weighted by atomic mass is 10.3. The van der Waals surface area contributed by atoms with Gasteiger partial charge in [0.15, 0.2) is 0 Å². The van der Waals surface area contributed by atoms with Crippen molar-refractivity contribution in [2.24, 2.45) is 0 Å². The second kappa shape index (κ2) is 4.82. The number of hydrogen-bond donors (Lipinski definition) is 1. The van der Waals surface area contributed by atoms with E-state index in [1.807, 2.05) is 17.9 Å². The fraction of sp³-hybridized carbons (Fsp3) is 0.455. The van der Waals surface area contributed by atoms with Crippen LogP contribution in [0.15, 0.2) is 16.7 Å². The molecule has 0 unspecified atom stereocenters. The van der Waals surface area contributed by atoms with Crippen LogP contribution in [0.5, 0.6) is 0 Å². The van der Waals surface area contributed by atoms with E-state index in [2.05, 4.69) is 26.2 Å². The molecule has 0 spiro atoms. The molecule has 86 valence electrons. The molecule has 2 heterocycles. The smallest absolute Gasteiger partial charge is 0.239 e. The zero-order valence-electron chi connectivity index (χ0n) is 9.16. The first-order valence-corrected chi connectivity index (χ1v) is 6.10. The van der Waals surface area contributed by atoms with Crippen LogP contribution in [0, 0.1) is 6.92 Å². The highest BCUT2D eigenvalue weighted by atomic mass is 79.9. The van der Waals surface area contributed by atoms with Crippen molar-refractivity contribution in [3.05, 3.63) is 22.3 Å². The Kier molecular flexibility index (Phi) is 3.43. The minimum absolute atomic E-state index is 0.0693. The van der Waals surface area contributed by atoms with Crippen molar-refractivity contribution in [2.45, 2.75) is 13.3 Å². The summed E-state index contributed by atoms with van der Waals surface area (Å²) in [5, 5.41) is 2.85. The number of amides is 1. The van der Waals surface area contributed by atoms with Crippen LogP contribution in [0.1, 0.15) is 12.0 Å². The van der Waals surface area contributed by atoms with Crippen molar-refractivity contribution in [3.8, 4) is 0 Å². The lowest BCUT2D eigenvalue weighted by Gasteiger charge is -2.20. The Morgan fingerprint density at radius 3 is 3.12 bits per heavy atom. The number of aromatic nitrogens is 1. The van der Waals surface area contributed by atoms with Crippen molar-refractivity contribution in [1.29, 1.82) is 0 Å². The Morgan fingerprint density at radius 1 is 1.56 bits per heavy atom. The Labute approximate surface area is 103 Å². The second-order valence-electron chi connectivity index (χ2n) is 3.92. The third kappa shape index (κ3) is 2.52. The van der Waals surface area contributed by atoms with Crippen molar-refractivity contribution in [1.82, 2.24) is 10.3 Å². The van der Waals surface area contributed by atoms with Crippen LogP contribution in [0.4, 0.5) is 5.82 Å². The van der Waals surface area contributed by atoms with Gasteiger partial charge in [0.1, 0.15) is 5.82 Å². The second-order valence-corrected chi connectivity index (χ2v) is 4.77. The molecule has 1 aliphatic heterocycles. The highest BCUT2D eigenvalue weighted by molar-refractivity contribution is 9.10. The number of anilines is 1. The maximum Gasteiger partial charge on any atom is 0.239 e. The number of carbonyl (C=O) groups is 1. The molecule has 4 nitrogen and oxygen atoms in total. The van der Waals surface area contributed by atoms with Gasteiger partial charge in [0.25, 0.3) is 0 Å². The average Bonchev–Trinajstić information content (AvgIpc) is 2.47. The van der Waals surface area contributed by atoms with Crippen LogP contribution in [0.2, 0.25) is 0 Å². The SMILES string of the molecule is Cc1cc(N2CCCNC(=O)C2)ncc1Br. The van der Waals surface area contributed by atoms with Crippen LogP contribution in [-0.2, 0) is 4.79 Å². The highest BCUT2D eigenvalue weighted by Gasteiger charge is 2.16. The molecule has 16 heavy (non-hydrogen) atoms. The van der Waals surface area contributed by atoms with Gasteiger partial charge in [-0.1, -0.05) is 0 Å². The van der Waals surface area contributed by atoms with Gasteiger partial charge in [-0.3, -0.25) is 4.79 Å². The minimum Gasteiger partial charge on any atom is -0.354 e. The molecule has 1 aromatic heterocycles. The van der Waals surface area contributed by atoms with E-state index >= 15 is 0 Å². The van der Waals surface area contributed by atoms with E-state index in [0.717, 1.165) is 35.4 Å². The first kappa shape index (κ1) is 11.4. The van der Waals surface area contributed by atoms with Crippen molar-refractivity contribution < 1.29 is 4.79 Å². The molecule has 2 rings (SSSR count). The maximum absolute atomic E-state index is 11.4. The average molecular weight is 284 g/mol. The highest BCUT2D eigenvalue weighted by Crippen LogP contribution is 2.20. The van der Waals surface area contributed by atoms with Gasteiger partial charge in [0, 0.05) is 23.8 Å². The fourth-order valence-corrected chi connectivity index (χ4v) is 1.92. The minimum atomic E-state index is 0.0693. The van der Waals surface area contributed by atoms with Gasteiger partial charge in [-0.15, -0.1) is 0 Å². The molecule has 1 aromatic rings. The number of carbonyl (C=O) groups excluding carboxylic acids is 1. The van der Waals surface area contributed by atoms with E-state index in [1.165, 1.54) is 0 Å². The van der Waals surface area contributed by atoms with Crippen LogP contribution < -0.4 is 10.2 Å². The summed E-state index contributed by atoms with van der Waals surface area (Å²) in [5.41, 5.74) is 1.13. The molecule has 0 radical (unpaired) electrons. The van der Waals surface area contributed by atoms with Crippen LogP contribution in [-0.4, -0.2) is 30.5 Å². The summed E-state index contributed by atoms with van der Waals surface area (Å²) in [6.07, 6.45) is 2.75. The summed E-state index contributed by atoms with van der Waals surface area (Å²) in [7, 11) is 0. The first-order valence-electron chi connectivity index (χ1n) is 5.30. The summed E-state index contributed by atoms with van der Waals surface area (Å²) in [5.74, 6) is 0.942. The third-order valence-corrected chi connectivity index (χ3v) is 3.45. The number of hydrogen-bond acceptors (Lipinski definition) is 3. The molecule has 0 bridgehead atoms. The Hall–Kier alpha value is -1.10. The van der Waals surface area contributed by atoms with Crippen LogP contribution in [0.25, 0.3) is 0 Å². The van der Waals surface area contributed by atoms with Gasteiger partial charge in [-0.05, 0) is 40.9 Å². The predicted octanol–water partition coefficient (Wildman–Crippen LogP) is 1.48. The van der Waals surface area contributed by atoms with E-state index < -0.39 is 0 Å². The standard InChI is InChI=1S/C11H14BrN3O/c1-8-5-10(14-6-9(8)12)15-4-2-3-13-11(16)7-15/h5-6H,2-4,7H2,1H3,(H,13,16). The number of aryl methyl sites for hydroxylation is 1. The fourth-order valence-electron chi connectivity index (χ4n) is 1.70. The topological polar surface area (TPSA) is 45.2 Å². The monoisotopic (exact) mass is 283 g/mol. The summed E-state index contributed by atoms with van der Waals surface area (Å²) in [6, 6.07) is 2.00. The van der Waals surface area contributed by atoms with E-state index in [4.69, 9.17) is 0 Å². The van der Waals surface area contributed by atoms with Crippen LogP contribution in [0.3, 0.4) is 0 Å². The van der Waals surface area contributed by atoms with Gasteiger partial charge in [-0.2, -0.15) is 0 Å². The largest absolute Gasteiger partial charge is 0.354 e. The number of pyridine rings is 1. The first-order chi connectivity index (χ1) is 7.66. The normalized spacial score (nSPS) is 16.9. The van der Waals surface area contributed by atoms with Gasteiger partial charge in [-0.25, -0.2) is 4.98 Å². The molecule has 0 aliphatic carbocycles. The van der Waals surface area contributed by atoms with E-state index in [9.17, 15) is 4.79 Å². The predicted molar refractivity (Wildman–Crippen MR) is 66.5 cm³/mol. The van der Waals surface area contributed by atoms with Gasteiger partial charge >= 0.3 is 0 Å². The summed E-state index contributed by atoms with van der Waals surface area (Å²) < 4.78 is 0.996. The van der Waals surface area contributed by atoms with Gasteiger partial charge < -0.3 is 10.2 Å². The Morgan fingerprint density at radius 2 is 2.38 bits per heavy atom. The third-order valence-electron chi connectivity index (χ3n) is 2.62. The van der Waals surface area contributed by atoms with Gasteiger partial charge in [0.05, 0.1) is 6.54 Å². The molecule has 1 amide bonds. The number of nitrogens with zero attached hydrogens (tertiary/aromatic N) is 2. The summed E-state index contributed by atoms with van der Waals surface area (Å²) >= 11 is 3.42. The van der Waals surface area contributed by atoms with Crippen LogP contribution >= 0.6 is 15.9 Å². The lowest BCUT2D eigenvalue weighted by molar-refractivity contribution is -0.119. The zero-order valence-corrected chi connectivity index (χ0v) is 10.7. The van der Waals surface area contributed by atoms with Gasteiger partial charge in [0.2, 0.25) is 5.91 Å². The molecule has 0 aromatic carbocycles. The molecule has 0 saturated carbocycles. The lowest BCUT2D eigenvalue weighted by Crippen LogP contribution is -2.33. The zero-order chi connectivity index (χ0) is 11.5. The quantitative estimate of drug-likeness (QED) is 0.849. The molecule has 1 N–H and O–H groups in total. The van der Waals surface area contributed by atoms with Crippen molar-refractivity contribution in [2.75, 3.05) is 24.5 Å². The maximum atomic E-state index is 11.4. The molecule has 0 atom stereocenters. The number of rotatable bonds is 1. The molecular formula is C11H14BrN3O. The van der Waals surface area contributed by atoms with Crippen molar-refractivity contribution >= 4 is 27.7 Å². The number of nitrogens with one attached hydrogen (secondary N) is 1. The van der Waals surface area contributed by atoms with E-state index in [0.29, 0.717) is 6.54 Å². The Bertz CT molecular complexity index is 408. The van der Waals surface area contributed by atoms with E-state index in [-0.39, 0.29) is 5.91 Å². The van der Waals surface area contributed by atoms with Crippen molar-refractivity contribution in [3.63, 3.8) is 0 Å². The summed E-state index contributed by atoms with van der Waals surface area (Å²) in [6.45, 7) is 4.04. The Balaban J connectivity index is 2.21. The van der Waals surface area contributed by atoms with E-state index in [1.54, 1.807) is 6.20 Å². The molecule has 1 fully saturated rings. The molecule has 1 saturated heterocycles. The number of halogens is 1.